The highest BCUT2D eigenvalue weighted by Gasteiger charge is 2.02. The molecule has 78 valence electrons. The Bertz CT molecular complexity index is 692. The van der Waals surface area contributed by atoms with Crippen LogP contribution in [0.3, 0.4) is 0 Å². The molecule has 0 aliphatic heterocycles. The molecule has 3 rings (SSSR count). The summed E-state index contributed by atoms with van der Waals surface area (Å²) in [5.74, 6) is 0.807. The number of hydrogen-bond acceptors (Lipinski definition) is 2. The second kappa shape index (κ2) is 3.52. The van der Waals surface area contributed by atoms with Crippen molar-refractivity contribution < 1.29 is 0 Å². The summed E-state index contributed by atoms with van der Waals surface area (Å²) < 4.78 is 1.08. The fraction of sp³-hybridized carbons (Fsp3) is 0.0769. The highest BCUT2D eigenvalue weighted by Crippen LogP contribution is 2.26. The van der Waals surface area contributed by atoms with E-state index in [-0.39, 0.29) is 0 Å². The van der Waals surface area contributed by atoms with Crippen LogP contribution in [-0.4, -0.2) is 9.97 Å². The molecule has 0 amide bonds. The van der Waals surface area contributed by atoms with Crippen LogP contribution in [0.25, 0.3) is 21.7 Å². The highest BCUT2D eigenvalue weighted by molar-refractivity contribution is 9.10. The van der Waals surface area contributed by atoms with Gasteiger partial charge in [0.2, 0.25) is 0 Å². The lowest BCUT2D eigenvalue weighted by Crippen LogP contribution is -1.88. The van der Waals surface area contributed by atoms with E-state index in [9.17, 15) is 0 Å². The molecule has 0 atom stereocenters. The first-order valence-electron chi connectivity index (χ1n) is 5.06. The van der Waals surface area contributed by atoms with Crippen LogP contribution in [0.5, 0.6) is 0 Å². The van der Waals surface area contributed by atoms with Crippen LogP contribution in [0, 0.1) is 6.92 Å². The zero-order chi connectivity index (χ0) is 11.1. The van der Waals surface area contributed by atoms with Gasteiger partial charge in [0.1, 0.15) is 5.82 Å². The lowest BCUT2D eigenvalue weighted by atomic mass is 10.1. The maximum atomic E-state index is 4.43. The van der Waals surface area contributed by atoms with E-state index in [0.717, 1.165) is 21.2 Å². The maximum absolute atomic E-state index is 4.43. The van der Waals surface area contributed by atoms with E-state index >= 15 is 0 Å². The standard InChI is InChI=1S/C13H9BrN2/c1-8-15-7-12-11-6-10(14)4-2-9(11)3-5-13(12)16-8/h2-7H,1H3. The number of hydrogen-bond donors (Lipinski definition) is 0. The summed E-state index contributed by atoms with van der Waals surface area (Å²) in [6.45, 7) is 1.91. The van der Waals surface area contributed by atoms with Gasteiger partial charge in [0.25, 0.3) is 0 Å². The predicted molar refractivity (Wildman–Crippen MR) is 69.5 cm³/mol. The lowest BCUT2D eigenvalue weighted by molar-refractivity contribution is 1.09. The van der Waals surface area contributed by atoms with Gasteiger partial charge in [0.05, 0.1) is 5.52 Å². The molecular formula is C13H9BrN2. The van der Waals surface area contributed by atoms with Crippen molar-refractivity contribution in [3.05, 3.63) is 46.8 Å². The molecule has 16 heavy (non-hydrogen) atoms. The molecule has 0 bridgehead atoms. The summed E-state index contributed by atoms with van der Waals surface area (Å²) in [5, 5.41) is 3.50. The van der Waals surface area contributed by atoms with E-state index in [1.54, 1.807) is 0 Å². The van der Waals surface area contributed by atoms with E-state index in [1.807, 2.05) is 25.3 Å². The van der Waals surface area contributed by atoms with Gasteiger partial charge in [0, 0.05) is 16.1 Å². The van der Waals surface area contributed by atoms with Crippen LogP contribution in [-0.2, 0) is 0 Å². The van der Waals surface area contributed by atoms with Gasteiger partial charge >= 0.3 is 0 Å². The highest BCUT2D eigenvalue weighted by atomic mass is 79.9. The van der Waals surface area contributed by atoms with Crippen LogP contribution in [0.4, 0.5) is 0 Å². The smallest absolute Gasteiger partial charge is 0.125 e. The number of rotatable bonds is 0. The van der Waals surface area contributed by atoms with Gasteiger partial charge in [-0.3, -0.25) is 0 Å². The van der Waals surface area contributed by atoms with Crippen molar-refractivity contribution in [3.63, 3.8) is 0 Å². The van der Waals surface area contributed by atoms with Crippen LogP contribution >= 0.6 is 15.9 Å². The van der Waals surface area contributed by atoms with Crippen LogP contribution < -0.4 is 0 Å². The molecular weight excluding hydrogens is 264 g/mol. The largest absolute Gasteiger partial charge is 0.241 e. The molecule has 0 fully saturated rings. The molecule has 0 saturated carbocycles. The van der Waals surface area contributed by atoms with E-state index in [2.05, 4.69) is 44.1 Å². The average molecular weight is 273 g/mol. The number of aromatic nitrogens is 2. The second-order valence-electron chi connectivity index (χ2n) is 3.78. The van der Waals surface area contributed by atoms with Crippen LogP contribution in [0.1, 0.15) is 5.82 Å². The summed E-state index contributed by atoms with van der Waals surface area (Å²) in [4.78, 5) is 8.69. The van der Waals surface area contributed by atoms with Gasteiger partial charge in [-0.25, -0.2) is 9.97 Å². The van der Waals surface area contributed by atoms with Crippen molar-refractivity contribution in [3.8, 4) is 0 Å². The normalized spacial score (nSPS) is 11.1. The predicted octanol–water partition coefficient (Wildman–Crippen LogP) is 3.85. The third kappa shape index (κ3) is 1.48. The Balaban J connectivity index is 2.52. The van der Waals surface area contributed by atoms with Crippen LogP contribution in [0.15, 0.2) is 41.0 Å². The third-order valence-electron chi connectivity index (χ3n) is 2.66. The minimum atomic E-state index is 0.807. The minimum absolute atomic E-state index is 0.807. The van der Waals surface area contributed by atoms with Crippen molar-refractivity contribution in [1.29, 1.82) is 0 Å². The first-order valence-corrected chi connectivity index (χ1v) is 5.85. The molecule has 0 radical (unpaired) electrons. The Hall–Kier alpha value is -1.48. The number of aryl methyl sites for hydroxylation is 1. The van der Waals surface area contributed by atoms with E-state index in [0.29, 0.717) is 0 Å². The van der Waals surface area contributed by atoms with Crippen LogP contribution in [0.2, 0.25) is 0 Å². The van der Waals surface area contributed by atoms with E-state index in [1.165, 1.54) is 10.8 Å². The topological polar surface area (TPSA) is 25.8 Å². The Morgan fingerprint density at radius 1 is 1.06 bits per heavy atom. The summed E-state index contributed by atoms with van der Waals surface area (Å²) >= 11 is 3.49. The quantitative estimate of drug-likeness (QED) is 0.581. The monoisotopic (exact) mass is 272 g/mol. The van der Waals surface area contributed by atoms with Crippen molar-refractivity contribution >= 4 is 37.6 Å². The van der Waals surface area contributed by atoms with Gasteiger partial charge in [-0.1, -0.05) is 28.1 Å². The molecule has 3 heteroatoms. The van der Waals surface area contributed by atoms with Gasteiger partial charge in [-0.15, -0.1) is 0 Å². The first-order chi connectivity index (χ1) is 7.74. The fourth-order valence-corrected chi connectivity index (χ4v) is 2.26. The fourth-order valence-electron chi connectivity index (χ4n) is 1.90. The summed E-state index contributed by atoms with van der Waals surface area (Å²) in [5.41, 5.74) is 0.998. The van der Waals surface area contributed by atoms with Crippen molar-refractivity contribution in [2.45, 2.75) is 6.92 Å². The van der Waals surface area contributed by atoms with E-state index in [4.69, 9.17) is 0 Å². The second-order valence-corrected chi connectivity index (χ2v) is 4.70. The molecule has 2 aromatic carbocycles. The molecule has 0 spiro atoms. The van der Waals surface area contributed by atoms with Crippen molar-refractivity contribution in [2.24, 2.45) is 0 Å². The summed E-state index contributed by atoms with van der Waals surface area (Å²) in [7, 11) is 0. The van der Waals surface area contributed by atoms with Gasteiger partial charge < -0.3 is 0 Å². The number of nitrogens with zero attached hydrogens (tertiary/aromatic N) is 2. The zero-order valence-electron chi connectivity index (χ0n) is 8.74. The number of benzene rings is 2. The van der Waals surface area contributed by atoms with Gasteiger partial charge in [-0.2, -0.15) is 0 Å². The molecule has 1 heterocycles. The average Bonchev–Trinajstić information content (AvgIpc) is 2.28. The molecule has 1 aromatic heterocycles. The van der Waals surface area contributed by atoms with Crippen molar-refractivity contribution in [1.82, 2.24) is 9.97 Å². The number of fused-ring (bicyclic) bond motifs is 3. The van der Waals surface area contributed by atoms with Crippen molar-refractivity contribution in [2.75, 3.05) is 0 Å². The molecule has 0 unspecified atom stereocenters. The first kappa shape index (κ1) is 9.73. The Morgan fingerprint density at radius 2 is 1.88 bits per heavy atom. The van der Waals surface area contributed by atoms with Gasteiger partial charge in [0.15, 0.2) is 0 Å². The molecule has 2 nitrogen and oxygen atoms in total. The van der Waals surface area contributed by atoms with Gasteiger partial charge in [-0.05, 0) is 35.9 Å². The SMILES string of the molecule is Cc1ncc2c(ccc3ccc(Br)cc32)n1. The molecule has 0 aliphatic carbocycles. The van der Waals surface area contributed by atoms with E-state index < -0.39 is 0 Å². The Morgan fingerprint density at radius 3 is 2.75 bits per heavy atom. The number of halogens is 1. The Labute approximate surface area is 101 Å². The minimum Gasteiger partial charge on any atom is -0.241 e. The molecule has 0 aliphatic rings. The molecule has 0 N–H and O–H groups in total. The third-order valence-corrected chi connectivity index (χ3v) is 3.16. The summed E-state index contributed by atoms with van der Waals surface area (Å²) in [6, 6.07) is 10.4. The lowest BCUT2D eigenvalue weighted by Gasteiger charge is -2.04. The summed E-state index contributed by atoms with van der Waals surface area (Å²) in [6.07, 6.45) is 1.90. The zero-order valence-corrected chi connectivity index (χ0v) is 10.3. The molecule has 0 saturated heterocycles. The molecule has 3 aromatic rings. The maximum Gasteiger partial charge on any atom is 0.125 e. The Kier molecular flexibility index (Phi) is 2.14.